The van der Waals surface area contributed by atoms with E-state index in [2.05, 4.69) is 0 Å². The molecule has 2 heterocycles. The van der Waals surface area contributed by atoms with E-state index in [9.17, 15) is 4.79 Å². The zero-order valence-corrected chi connectivity index (χ0v) is 13.8. The zero-order valence-electron chi connectivity index (χ0n) is 13.8. The van der Waals surface area contributed by atoms with Crippen molar-refractivity contribution >= 4 is 6.29 Å². The quantitative estimate of drug-likeness (QED) is 0.797. The summed E-state index contributed by atoms with van der Waals surface area (Å²) in [5, 5.41) is 0. The lowest BCUT2D eigenvalue weighted by Crippen LogP contribution is -2.62. The summed E-state index contributed by atoms with van der Waals surface area (Å²) >= 11 is 0. The van der Waals surface area contributed by atoms with Gasteiger partial charge in [-0.15, -0.1) is 0 Å². The molecule has 2 aliphatic heterocycles. The van der Waals surface area contributed by atoms with Crippen molar-refractivity contribution in [3.05, 3.63) is 35.9 Å². The second-order valence-electron chi connectivity index (χ2n) is 6.69. The molecule has 0 spiro atoms. The largest absolute Gasteiger partial charge is 0.370 e. The Bertz CT molecular complexity index is 529. The third-order valence-corrected chi connectivity index (χ3v) is 4.49. The van der Waals surface area contributed by atoms with E-state index in [0.29, 0.717) is 13.2 Å². The Kier molecular flexibility index (Phi) is 4.82. The van der Waals surface area contributed by atoms with Crippen molar-refractivity contribution in [1.82, 2.24) is 0 Å². The highest BCUT2D eigenvalue weighted by Crippen LogP contribution is 2.36. The highest BCUT2D eigenvalue weighted by molar-refractivity contribution is 5.57. The minimum atomic E-state index is -0.674. The second-order valence-corrected chi connectivity index (χ2v) is 6.69. The summed E-state index contributed by atoms with van der Waals surface area (Å²) in [5.74, 6) is -0.751. The number of aldehydes is 1. The van der Waals surface area contributed by atoms with Gasteiger partial charge in [0.15, 0.2) is 5.79 Å². The lowest BCUT2D eigenvalue weighted by molar-refractivity contribution is -0.352. The molecule has 3 rings (SSSR count). The maximum atomic E-state index is 11.3. The number of benzene rings is 1. The van der Waals surface area contributed by atoms with Gasteiger partial charge in [-0.25, -0.2) is 0 Å². The molecule has 2 saturated heterocycles. The fraction of sp³-hybridized carbons (Fsp3) is 0.611. The van der Waals surface area contributed by atoms with E-state index < -0.39 is 11.9 Å². The van der Waals surface area contributed by atoms with Crippen molar-refractivity contribution in [2.24, 2.45) is 5.92 Å². The molecule has 1 aromatic rings. The SMILES string of the molecule is C[C@@H]1[C@@H](OCc2ccccc2)[C@@H]2OC(C)(C)OC[C@H]2O[C@H]1C=O. The zero-order chi connectivity index (χ0) is 16.4. The smallest absolute Gasteiger partial charge is 0.163 e. The molecule has 0 unspecified atom stereocenters. The van der Waals surface area contributed by atoms with Crippen LogP contribution in [0.4, 0.5) is 0 Å². The molecule has 1 aromatic carbocycles. The number of hydrogen-bond acceptors (Lipinski definition) is 5. The molecule has 2 aliphatic rings. The average Bonchev–Trinajstić information content (AvgIpc) is 2.54. The highest BCUT2D eigenvalue weighted by atomic mass is 16.7. The maximum absolute atomic E-state index is 11.3. The molecule has 5 atom stereocenters. The number of ether oxygens (including phenoxy) is 4. The van der Waals surface area contributed by atoms with Gasteiger partial charge in [0.05, 0.1) is 19.3 Å². The molecule has 0 bridgehead atoms. The summed E-state index contributed by atoms with van der Waals surface area (Å²) in [6.45, 7) is 6.62. The molecule has 23 heavy (non-hydrogen) atoms. The van der Waals surface area contributed by atoms with Gasteiger partial charge in [0, 0.05) is 5.92 Å². The van der Waals surface area contributed by atoms with Crippen LogP contribution in [0.1, 0.15) is 26.3 Å². The van der Waals surface area contributed by atoms with Crippen molar-refractivity contribution < 1.29 is 23.7 Å². The van der Waals surface area contributed by atoms with Crippen LogP contribution in [-0.4, -0.2) is 43.1 Å². The molecule has 5 heteroatoms. The molecule has 5 nitrogen and oxygen atoms in total. The summed E-state index contributed by atoms with van der Waals surface area (Å²) in [6.07, 6.45) is -0.388. The summed E-state index contributed by atoms with van der Waals surface area (Å²) in [6, 6.07) is 9.98. The third-order valence-electron chi connectivity index (χ3n) is 4.49. The van der Waals surface area contributed by atoms with Crippen LogP contribution in [0.3, 0.4) is 0 Å². The Labute approximate surface area is 136 Å². The number of carbonyl (C=O) groups excluding carboxylic acids is 1. The van der Waals surface area contributed by atoms with Gasteiger partial charge in [0.25, 0.3) is 0 Å². The van der Waals surface area contributed by atoms with Gasteiger partial charge in [-0.05, 0) is 19.4 Å². The number of carbonyl (C=O) groups is 1. The molecule has 0 saturated carbocycles. The summed E-state index contributed by atoms with van der Waals surface area (Å²) < 4.78 is 23.7. The molecular weight excluding hydrogens is 296 g/mol. The van der Waals surface area contributed by atoms with Crippen LogP contribution in [0.15, 0.2) is 30.3 Å². The van der Waals surface area contributed by atoms with E-state index in [1.165, 1.54) is 0 Å². The first kappa shape index (κ1) is 16.6. The van der Waals surface area contributed by atoms with Gasteiger partial charge in [-0.2, -0.15) is 0 Å². The van der Waals surface area contributed by atoms with Crippen LogP contribution >= 0.6 is 0 Å². The molecule has 126 valence electrons. The van der Waals surface area contributed by atoms with Gasteiger partial charge in [0.1, 0.15) is 24.6 Å². The highest BCUT2D eigenvalue weighted by Gasteiger charge is 2.50. The Hall–Kier alpha value is -1.27. The van der Waals surface area contributed by atoms with Gasteiger partial charge in [-0.1, -0.05) is 37.3 Å². The lowest BCUT2D eigenvalue weighted by atomic mass is 9.87. The minimum Gasteiger partial charge on any atom is -0.370 e. The number of hydrogen-bond donors (Lipinski definition) is 0. The molecule has 0 N–H and O–H groups in total. The molecule has 0 amide bonds. The van der Waals surface area contributed by atoms with Gasteiger partial charge >= 0.3 is 0 Å². The van der Waals surface area contributed by atoms with E-state index in [1.807, 2.05) is 51.1 Å². The molecule has 2 fully saturated rings. The first-order valence-electron chi connectivity index (χ1n) is 8.08. The van der Waals surface area contributed by atoms with Crippen LogP contribution in [0.25, 0.3) is 0 Å². The second kappa shape index (κ2) is 6.69. The molecule has 0 radical (unpaired) electrons. The maximum Gasteiger partial charge on any atom is 0.163 e. The standard InChI is InChI=1S/C18H24O5/c1-12-14(9-19)22-15-11-21-18(2,3)23-17(15)16(12)20-10-13-7-5-4-6-8-13/h4-9,12,14-17H,10-11H2,1-3H3/t12-,14-,15+,16+,17+/m0/s1. The third kappa shape index (κ3) is 3.63. The Morgan fingerprint density at radius 3 is 2.74 bits per heavy atom. The van der Waals surface area contributed by atoms with E-state index >= 15 is 0 Å². The van der Waals surface area contributed by atoms with Gasteiger partial charge < -0.3 is 23.7 Å². The van der Waals surface area contributed by atoms with Crippen LogP contribution in [0.2, 0.25) is 0 Å². The Morgan fingerprint density at radius 1 is 1.30 bits per heavy atom. The predicted octanol–water partition coefficient (Wildman–Crippen LogP) is 2.33. The van der Waals surface area contributed by atoms with Crippen LogP contribution in [0.5, 0.6) is 0 Å². The van der Waals surface area contributed by atoms with E-state index in [4.69, 9.17) is 18.9 Å². The number of fused-ring (bicyclic) bond motifs is 1. The van der Waals surface area contributed by atoms with Crippen LogP contribution in [0, 0.1) is 5.92 Å². The predicted molar refractivity (Wildman–Crippen MR) is 83.8 cm³/mol. The van der Waals surface area contributed by atoms with Crippen molar-refractivity contribution in [1.29, 1.82) is 0 Å². The van der Waals surface area contributed by atoms with E-state index in [0.717, 1.165) is 11.8 Å². The van der Waals surface area contributed by atoms with Crippen molar-refractivity contribution in [2.45, 2.75) is 57.6 Å². The monoisotopic (exact) mass is 320 g/mol. The summed E-state index contributed by atoms with van der Waals surface area (Å²) in [5.41, 5.74) is 1.09. The van der Waals surface area contributed by atoms with Crippen LogP contribution in [-0.2, 0) is 30.3 Å². The van der Waals surface area contributed by atoms with E-state index in [1.54, 1.807) is 0 Å². The van der Waals surface area contributed by atoms with Gasteiger partial charge in [0.2, 0.25) is 0 Å². The summed E-state index contributed by atoms with van der Waals surface area (Å²) in [4.78, 5) is 11.3. The topological polar surface area (TPSA) is 54.0 Å². The average molecular weight is 320 g/mol. The lowest BCUT2D eigenvalue weighted by Gasteiger charge is -2.49. The Morgan fingerprint density at radius 2 is 2.04 bits per heavy atom. The fourth-order valence-corrected chi connectivity index (χ4v) is 3.19. The minimum absolute atomic E-state index is 0.0774. The first-order chi connectivity index (χ1) is 11.0. The first-order valence-corrected chi connectivity index (χ1v) is 8.08. The fourth-order valence-electron chi connectivity index (χ4n) is 3.19. The molecule has 0 aliphatic carbocycles. The molecule has 0 aromatic heterocycles. The normalized spacial score (nSPS) is 36.2. The van der Waals surface area contributed by atoms with Crippen molar-refractivity contribution in [2.75, 3.05) is 6.61 Å². The van der Waals surface area contributed by atoms with E-state index in [-0.39, 0.29) is 24.2 Å². The van der Waals surface area contributed by atoms with Crippen molar-refractivity contribution in [3.8, 4) is 0 Å². The Balaban J connectivity index is 1.76. The van der Waals surface area contributed by atoms with Gasteiger partial charge in [-0.3, -0.25) is 0 Å². The van der Waals surface area contributed by atoms with Crippen LogP contribution < -0.4 is 0 Å². The summed E-state index contributed by atoms with van der Waals surface area (Å²) in [7, 11) is 0. The number of rotatable bonds is 4. The molecular formula is C18H24O5. The van der Waals surface area contributed by atoms with Crippen molar-refractivity contribution in [3.63, 3.8) is 0 Å².